The Morgan fingerprint density at radius 3 is 2.33 bits per heavy atom. The van der Waals surface area contributed by atoms with Crippen molar-refractivity contribution in [3.8, 4) is 22.5 Å². The lowest BCUT2D eigenvalue weighted by Crippen LogP contribution is -2.75. The van der Waals surface area contributed by atoms with Crippen molar-refractivity contribution in [2.75, 3.05) is 0 Å². The Morgan fingerprint density at radius 1 is 0.792 bits per heavy atom. The molecule has 3 heteroatoms. The molecule has 0 radical (unpaired) electrons. The highest BCUT2D eigenvalue weighted by molar-refractivity contribution is 6.02. The van der Waals surface area contributed by atoms with Gasteiger partial charge in [-0.2, -0.15) is 9.13 Å². The van der Waals surface area contributed by atoms with E-state index in [1.807, 2.05) is 0 Å². The van der Waals surface area contributed by atoms with Crippen molar-refractivity contribution in [2.24, 2.45) is 0 Å². The molecule has 2 nitrogen and oxygen atoms in total. The van der Waals surface area contributed by atoms with E-state index in [2.05, 4.69) is 138 Å². The lowest BCUT2D eigenvalue weighted by molar-refractivity contribution is -0.762. The summed E-state index contributed by atoms with van der Waals surface area (Å²) in [5, 5.41) is 2.59. The van der Waals surface area contributed by atoms with E-state index in [4.69, 9.17) is 0 Å². The molecule has 2 aliphatic carbocycles. The van der Waals surface area contributed by atoms with Crippen molar-refractivity contribution in [3.05, 3.63) is 129 Å². The van der Waals surface area contributed by atoms with E-state index >= 15 is 4.39 Å². The van der Waals surface area contributed by atoms with E-state index in [1.165, 1.54) is 66.7 Å². The molecule has 2 atom stereocenters. The van der Waals surface area contributed by atoms with Crippen molar-refractivity contribution in [1.29, 1.82) is 0 Å². The zero-order chi connectivity index (χ0) is 33.7. The fourth-order valence-corrected chi connectivity index (χ4v) is 10.1. The number of fused-ring (bicyclic) bond motifs is 3. The van der Waals surface area contributed by atoms with Gasteiger partial charge in [0, 0.05) is 46.7 Å². The van der Waals surface area contributed by atoms with Gasteiger partial charge in [-0.1, -0.05) is 76.9 Å². The standard InChI is InChI=1S/C45H49FN2/c1-9-12-13-31-24-32-19-21-48-42-39(32)36(25-31)43(7,8)41-37(46)17-16-35(40(41)42)45(11-3)33(26-44(45,48)10-2)27-47-20-18-29(5)23-38(47)34-22-28(4)14-15-30(34)6/h14-26H,9-13,27H2,1-8H3/q+2. The average molecular weight is 637 g/mol. The Kier molecular flexibility index (Phi) is 6.95. The van der Waals surface area contributed by atoms with E-state index in [0.29, 0.717) is 0 Å². The van der Waals surface area contributed by atoms with Crippen LogP contribution in [0.4, 0.5) is 4.39 Å². The molecule has 2 unspecified atom stereocenters. The summed E-state index contributed by atoms with van der Waals surface area (Å²) in [6, 6.07) is 22.4. The summed E-state index contributed by atoms with van der Waals surface area (Å²) in [5.74, 6) is -0.0860. The molecule has 2 aromatic heterocycles. The molecule has 0 fully saturated rings. The molecule has 3 aliphatic rings. The first kappa shape index (κ1) is 31.2. The molecule has 5 aromatic rings. The number of allylic oxidation sites excluding steroid dienone is 2. The minimum absolute atomic E-state index is 0.0860. The summed E-state index contributed by atoms with van der Waals surface area (Å²) in [6.07, 6.45) is 12.5. The number of unbranched alkanes of at least 4 members (excludes halogenated alkanes) is 1. The summed E-state index contributed by atoms with van der Waals surface area (Å²) in [5.41, 5.74) is 14.0. The maximum absolute atomic E-state index is 16.5. The third-order valence-electron chi connectivity index (χ3n) is 12.5. The van der Waals surface area contributed by atoms with Crippen LogP contribution < -0.4 is 9.13 Å². The molecule has 1 aliphatic heterocycles. The molecule has 0 saturated carbocycles. The number of hydrogen-bond acceptors (Lipinski definition) is 0. The number of benzene rings is 3. The quantitative estimate of drug-likeness (QED) is 0.118. The smallest absolute Gasteiger partial charge is 0.207 e. The van der Waals surface area contributed by atoms with Gasteiger partial charge >= 0.3 is 0 Å². The summed E-state index contributed by atoms with van der Waals surface area (Å²) in [6.45, 7) is 18.8. The first-order chi connectivity index (χ1) is 23.0. The van der Waals surface area contributed by atoms with Crippen LogP contribution in [0.5, 0.6) is 0 Å². The Bertz CT molecular complexity index is 2200. The molecule has 0 saturated heterocycles. The molecule has 0 spiro atoms. The van der Waals surface area contributed by atoms with E-state index in [1.54, 1.807) is 6.07 Å². The molecular weight excluding hydrogens is 588 g/mol. The van der Waals surface area contributed by atoms with Gasteiger partial charge in [-0.05, 0) is 91.4 Å². The fourth-order valence-electron chi connectivity index (χ4n) is 10.1. The van der Waals surface area contributed by atoms with Crippen LogP contribution in [0.1, 0.15) is 99.2 Å². The molecule has 244 valence electrons. The van der Waals surface area contributed by atoms with Gasteiger partial charge in [-0.25, -0.2) is 4.39 Å². The highest BCUT2D eigenvalue weighted by Gasteiger charge is 2.70. The normalized spacial score (nSPS) is 21.1. The number of hydrogen-bond donors (Lipinski definition) is 0. The number of aromatic nitrogens is 2. The van der Waals surface area contributed by atoms with Gasteiger partial charge in [-0.15, -0.1) is 0 Å². The van der Waals surface area contributed by atoms with E-state index in [0.717, 1.165) is 49.8 Å². The van der Waals surface area contributed by atoms with Gasteiger partial charge < -0.3 is 0 Å². The first-order valence-corrected chi connectivity index (χ1v) is 18.2. The van der Waals surface area contributed by atoms with Crippen LogP contribution in [0.15, 0.2) is 84.7 Å². The molecule has 0 N–H and O–H groups in total. The summed E-state index contributed by atoms with van der Waals surface area (Å²) < 4.78 is 21.5. The van der Waals surface area contributed by atoms with Crippen molar-refractivity contribution in [3.63, 3.8) is 0 Å². The molecule has 0 amide bonds. The third-order valence-corrected chi connectivity index (χ3v) is 12.5. The second-order valence-electron chi connectivity index (χ2n) is 15.5. The van der Waals surface area contributed by atoms with Crippen LogP contribution in [0.25, 0.3) is 33.3 Å². The summed E-state index contributed by atoms with van der Waals surface area (Å²) in [7, 11) is 0. The number of nitrogens with zero attached hydrogens (tertiary/aromatic N) is 2. The second-order valence-corrected chi connectivity index (χ2v) is 15.5. The Morgan fingerprint density at radius 2 is 1.58 bits per heavy atom. The van der Waals surface area contributed by atoms with E-state index in [9.17, 15) is 0 Å². The van der Waals surface area contributed by atoms with Crippen LogP contribution >= 0.6 is 0 Å². The molecule has 3 aromatic carbocycles. The minimum Gasteiger partial charge on any atom is -0.207 e. The van der Waals surface area contributed by atoms with Crippen LogP contribution in [0.3, 0.4) is 0 Å². The van der Waals surface area contributed by atoms with Crippen molar-refractivity contribution < 1.29 is 13.5 Å². The highest BCUT2D eigenvalue weighted by Crippen LogP contribution is 2.64. The van der Waals surface area contributed by atoms with Crippen molar-refractivity contribution in [1.82, 2.24) is 0 Å². The maximum Gasteiger partial charge on any atom is 0.222 e. The van der Waals surface area contributed by atoms with E-state index < -0.39 is 5.41 Å². The Balaban J connectivity index is 1.40. The van der Waals surface area contributed by atoms with Crippen molar-refractivity contribution in [2.45, 2.75) is 110 Å². The zero-order valence-corrected chi connectivity index (χ0v) is 30.0. The van der Waals surface area contributed by atoms with Crippen LogP contribution in [0, 0.1) is 26.6 Å². The van der Waals surface area contributed by atoms with Gasteiger partial charge in [0.1, 0.15) is 5.82 Å². The van der Waals surface area contributed by atoms with E-state index in [-0.39, 0.29) is 16.8 Å². The molecular formula is C45H49FN2+2. The molecule has 3 heterocycles. The third kappa shape index (κ3) is 3.91. The van der Waals surface area contributed by atoms with Crippen molar-refractivity contribution >= 4 is 10.8 Å². The lowest BCUT2D eigenvalue weighted by Gasteiger charge is -2.56. The predicted molar refractivity (Wildman–Crippen MR) is 195 cm³/mol. The molecule has 8 rings (SSSR count). The number of pyridine rings is 2. The Hall–Kier alpha value is -4.11. The number of rotatable bonds is 8. The first-order valence-electron chi connectivity index (χ1n) is 18.2. The largest absolute Gasteiger partial charge is 0.222 e. The molecule has 0 bridgehead atoms. The lowest BCUT2D eigenvalue weighted by atomic mass is 9.46. The fraction of sp³-hybridized carbons (Fsp3) is 0.378. The monoisotopic (exact) mass is 636 g/mol. The zero-order valence-electron chi connectivity index (χ0n) is 30.0. The van der Waals surface area contributed by atoms with Gasteiger partial charge in [0.15, 0.2) is 18.9 Å². The average Bonchev–Trinajstić information content (AvgIpc) is 3.06. The SMILES string of the molecule is CCCCc1cc2c3c4[n+](ccc3c1)C1(CC)C=C(C[n+]3ccc(C)cc3-c3cc(C)ccc3C)C1(CC)c1ccc(F)c(c1-4)C2(C)C. The molecule has 48 heavy (non-hydrogen) atoms. The number of halogens is 1. The van der Waals surface area contributed by atoms with Gasteiger partial charge in [-0.3, -0.25) is 0 Å². The predicted octanol–water partition coefficient (Wildman–Crippen LogP) is 10.2. The summed E-state index contributed by atoms with van der Waals surface area (Å²) in [4.78, 5) is 0. The minimum atomic E-state index is -0.460. The van der Waals surface area contributed by atoms with Crippen LogP contribution in [-0.2, 0) is 29.3 Å². The topological polar surface area (TPSA) is 7.76 Å². The Labute approximate surface area is 286 Å². The highest BCUT2D eigenvalue weighted by atomic mass is 19.1. The number of aryl methyl sites for hydroxylation is 4. The second kappa shape index (κ2) is 10.7. The van der Waals surface area contributed by atoms with Gasteiger partial charge in [0.05, 0.1) is 16.4 Å². The van der Waals surface area contributed by atoms with Gasteiger partial charge in [0.25, 0.3) is 0 Å². The maximum atomic E-state index is 16.5. The van der Waals surface area contributed by atoms with Crippen LogP contribution in [0.2, 0.25) is 0 Å². The summed E-state index contributed by atoms with van der Waals surface area (Å²) >= 11 is 0. The van der Waals surface area contributed by atoms with Gasteiger partial charge in [0.2, 0.25) is 16.9 Å². The van der Waals surface area contributed by atoms with Crippen LogP contribution in [-0.4, -0.2) is 0 Å².